The van der Waals surface area contributed by atoms with Crippen LogP contribution in [0.1, 0.15) is 44.2 Å². The van der Waals surface area contributed by atoms with Crippen LogP contribution in [0.25, 0.3) is 0 Å². The molecule has 172 valence electrons. The molecule has 0 bridgehead atoms. The van der Waals surface area contributed by atoms with E-state index in [0.717, 1.165) is 58.7 Å². The van der Waals surface area contributed by atoms with Gasteiger partial charge in [0.05, 0.1) is 11.4 Å². The van der Waals surface area contributed by atoms with Crippen molar-refractivity contribution >= 4 is 28.4 Å². The second-order valence-corrected chi connectivity index (χ2v) is 9.03. The van der Waals surface area contributed by atoms with Gasteiger partial charge in [0.25, 0.3) is 5.56 Å². The van der Waals surface area contributed by atoms with Crippen molar-refractivity contribution < 1.29 is 9.90 Å². The average molecular weight is 459 g/mol. The Labute approximate surface area is 191 Å². The third-order valence-corrected chi connectivity index (χ3v) is 6.84. The molecule has 2 heterocycles. The van der Waals surface area contributed by atoms with E-state index in [4.69, 9.17) is 0 Å². The van der Waals surface area contributed by atoms with Gasteiger partial charge in [-0.3, -0.25) is 18.7 Å². The van der Waals surface area contributed by atoms with Gasteiger partial charge in [0.2, 0.25) is 11.8 Å². The summed E-state index contributed by atoms with van der Waals surface area (Å²) >= 11 is 1.10. The monoisotopic (exact) mass is 458 g/mol. The molecule has 0 saturated carbocycles. The molecule has 0 spiro atoms. The van der Waals surface area contributed by atoms with Crippen LogP contribution in [-0.2, 0) is 25.3 Å². The fraction of sp³-hybridized carbons (Fsp3) is 0.478. The van der Waals surface area contributed by atoms with Crippen LogP contribution in [0.4, 0.5) is 5.69 Å². The Balaban J connectivity index is 2.01. The van der Waals surface area contributed by atoms with Gasteiger partial charge in [-0.15, -0.1) is 0 Å². The second kappa shape index (κ2) is 10.2. The average Bonchev–Trinajstić information content (AvgIpc) is 2.80. The standard InChI is InChI=1S/C23H30N4O4S/c1-5-16-9-11-17(12-10-16)24-20(19-21(29)25(3)23(31)26(4)22(19)30)32-14-18(28)27-13-7-6-8-15(27)2/h9-12,15,29H,5-8,13-14H2,1-4H3. The molecule has 1 aliphatic rings. The molecule has 1 aromatic carbocycles. The lowest BCUT2D eigenvalue weighted by Crippen LogP contribution is -2.43. The summed E-state index contributed by atoms with van der Waals surface area (Å²) in [6.07, 6.45) is 3.95. The first kappa shape index (κ1) is 23.8. The third-order valence-electron chi connectivity index (χ3n) is 5.88. The molecule has 1 saturated heterocycles. The summed E-state index contributed by atoms with van der Waals surface area (Å²) in [7, 11) is 2.74. The summed E-state index contributed by atoms with van der Waals surface area (Å²) < 4.78 is 1.93. The highest BCUT2D eigenvalue weighted by Gasteiger charge is 2.26. The first-order valence-electron chi connectivity index (χ1n) is 10.8. The molecule has 1 atom stereocenters. The molecule has 2 aromatic rings. The predicted octanol–water partition coefficient (Wildman–Crippen LogP) is 2.56. The molecule has 3 rings (SSSR count). The van der Waals surface area contributed by atoms with Gasteiger partial charge in [-0.05, 0) is 50.3 Å². The van der Waals surface area contributed by atoms with Crippen molar-refractivity contribution in [2.75, 3.05) is 12.3 Å². The van der Waals surface area contributed by atoms with E-state index in [1.165, 1.54) is 14.1 Å². The summed E-state index contributed by atoms with van der Waals surface area (Å²) in [6.45, 7) is 4.82. The lowest BCUT2D eigenvalue weighted by atomic mass is 10.0. The van der Waals surface area contributed by atoms with E-state index in [1.807, 2.05) is 36.1 Å². The van der Waals surface area contributed by atoms with E-state index >= 15 is 0 Å². The van der Waals surface area contributed by atoms with Gasteiger partial charge in [-0.25, -0.2) is 9.79 Å². The van der Waals surface area contributed by atoms with E-state index in [0.29, 0.717) is 5.69 Å². The highest BCUT2D eigenvalue weighted by molar-refractivity contribution is 8.15. The number of hydrogen-bond acceptors (Lipinski definition) is 6. The maximum atomic E-state index is 12.9. The number of aryl methyl sites for hydroxylation is 1. The molecule has 1 unspecified atom stereocenters. The molecule has 32 heavy (non-hydrogen) atoms. The van der Waals surface area contributed by atoms with Gasteiger partial charge >= 0.3 is 5.69 Å². The van der Waals surface area contributed by atoms with Gasteiger partial charge in [0.1, 0.15) is 10.6 Å². The zero-order valence-corrected chi connectivity index (χ0v) is 19.8. The molecular weight excluding hydrogens is 428 g/mol. The highest BCUT2D eigenvalue weighted by Crippen LogP contribution is 2.25. The van der Waals surface area contributed by atoms with Crippen molar-refractivity contribution in [1.82, 2.24) is 14.0 Å². The number of piperidine rings is 1. The Kier molecular flexibility index (Phi) is 7.60. The van der Waals surface area contributed by atoms with Crippen LogP contribution < -0.4 is 11.2 Å². The Morgan fingerprint density at radius 3 is 2.47 bits per heavy atom. The van der Waals surface area contributed by atoms with Crippen LogP contribution in [0.15, 0.2) is 38.8 Å². The maximum Gasteiger partial charge on any atom is 0.333 e. The molecule has 1 aromatic heterocycles. The van der Waals surface area contributed by atoms with Gasteiger partial charge < -0.3 is 10.0 Å². The summed E-state index contributed by atoms with van der Waals surface area (Å²) in [4.78, 5) is 44.4. The van der Waals surface area contributed by atoms with Crippen molar-refractivity contribution in [1.29, 1.82) is 0 Å². The third kappa shape index (κ3) is 4.98. The Morgan fingerprint density at radius 1 is 1.16 bits per heavy atom. The topological polar surface area (TPSA) is 96.9 Å². The normalized spacial score (nSPS) is 16.9. The second-order valence-electron chi connectivity index (χ2n) is 8.06. The van der Waals surface area contributed by atoms with Crippen molar-refractivity contribution in [3.63, 3.8) is 0 Å². The van der Waals surface area contributed by atoms with Crippen LogP contribution in [-0.4, -0.2) is 48.4 Å². The van der Waals surface area contributed by atoms with Crippen LogP contribution in [0.5, 0.6) is 5.88 Å². The highest BCUT2D eigenvalue weighted by atomic mass is 32.2. The van der Waals surface area contributed by atoms with Crippen LogP contribution in [0.3, 0.4) is 0 Å². The Morgan fingerprint density at radius 2 is 1.84 bits per heavy atom. The molecule has 1 amide bonds. The number of thioether (sulfide) groups is 1. The molecular formula is C23H30N4O4S. The minimum absolute atomic E-state index is 0.0302. The number of aromatic nitrogens is 2. The van der Waals surface area contributed by atoms with E-state index in [9.17, 15) is 19.5 Å². The zero-order chi connectivity index (χ0) is 23.4. The first-order chi connectivity index (χ1) is 15.2. The number of likely N-dealkylation sites (tertiary alicyclic amines) is 1. The number of amides is 1. The number of benzene rings is 1. The van der Waals surface area contributed by atoms with Crippen molar-refractivity contribution in [2.45, 2.75) is 45.6 Å². The van der Waals surface area contributed by atoms with Crippen molar-refractivity contribution in [3.05, 3.63) is 56.2 Å². The van der Waals surface area contributed by atoms with E-state index in [1.54, 1.807) is 0 Å². The van der Waals surface area contributed by atoms with Crippen LogP contribution >= 0.6 is 11.8 Å². The predicted molar refractivity (Wildman–Crippen MR) is 128 cm³/mol. The molecule has 1 fully saturated rings. The quantitative estimate of drug-likeness (QED) is 0.549. The van der Waals surface area contributed by atoms with Crippen LogP contribution in [0.2, 0.25) is 0 Å². The lowest BCUT2D eigenvalue weighted by molar-refractivity contribution is -0.131. The Hall–Kier alpha value is -2.81. The summed E-state index contributed by atoms with van der Waals surface area (Å²) in [5, 5.41) is 10.8. The molecule has 8 nitrogen and oxygen atoms in total. The number of aromatic hydroxyl groups is 1. The molecule has 9 heteroatoms. The zero-order valence-electron chi connectivity index (χ0n) is 19.0. The summed E-state index contributed by atoms with van der Waals surface area (Å²) in [5.41, 5.74) is 0.373. The minimum atomic E-state index is -0.652. The van der Waals surface area contributed by atoms with Crippen LogP contribution in [0, 0.1) is 0 Å². The number of carbonyl (C=O) groups excluding carboxylic acids is 1. The molecule has 1 N–H and O–H groups in total. The Bertz CT molecular complexity index is 1130. The maximum absolute atomic E-state index is 12.9. The van der Waals surface area contributed by atoms with E-state index in [2.05, 4.69) is 11.9 Å². The summed E-state index contributed by atoms with van der Waals surface area (Å²) in [6, 6.07) is 7.73. The molecule has 0 aliphatic carbocycles. The molecule has 1 aliphatic heterocycles. The van der Waals surface area contributed by atoms with Gasteiger partial charge in [-0.2, -0.15) is 0 Å². The number of rotatable bonds is 5. The van der Waals surface area contributed by atoms with E-state index < -0.39 is 17.1 Å². The van der Waals surface area contributed by atoms with Gasteiger partial charge in [0.15, 0.2) is 0 Å². The summed E-state index contributed by atoms with van der Waals surface area (Å²) in [5.74, 6) is -0.410. The number of nitrogens with zero attached hydrogens (tertiary/aromatic N) is 4. The lowest BCUT2D eigenvalue weighted by Gasteiger charge is -2.33. The minimum Gasteiger partial charge on any atom is -0.494 e. The fourth-order valence-corrected chi connectivity index (χ4v) is 4.70. The van der Waals surface area contributed by atoms with E-state index in [-0.39, 0.29) is 28.3 Å². The number of aliphatic imine (C=N–C) groups is 1. The van der Waals surface area contributed by atoms with Crippen molar-refractivity contribution in [3.8, 4) is 5.88 Å². The SMILES string of the molecule is CCc1ccc(N=C(SCC(=O)N2CCCCC2C)c2c(O)n(C)c(=O)n(C)c2=O)cc1. The van der Waals surface area contributed by atoms with Crippen molar-refractivity contribution in [2.24, 2.45) is 19.1 Å². The fourth-order valence-electron chi connectivity index (χ4n) is 3.79. The first-order valence-corrected chi connectivity index (χ1v) is 11.8. The largest absolute Gasteiger partial charge is 0.494 e. The van der Waals surface area contributed by atoms with Gasteiger partial charge in [-0.1, -0.05) is 30.8 Å². The number of hydrogen-bond donors (Lipinski definition) is 1. The smallest absolute Gasteiger partial charge is 0.333 e. The van der Waals surface area contributed by atoms with Gasteiger partial charge in [0, 0.05) is 26.7 Å². The molecule has 0 radical (unpaired) electrons. The number of carbonyl (C=O) groups is 1.